The fraction of sp³-hybridized carbons (Fsp3) is 0.280. The molecule has 3 rings (SSSR count). The highest BCUT2D eigenvalue weighted by Gasteiger charge is 2.25. The van der Waals surface area contributed by atoms with E-state index in [9.17, 15) is 5.11 Å². The van der Waals surface area contributed by atoms with Crippen LogP contribution in [0.4, 0.5) is 5.69 Å². The van der Waals surface area contributed by atoms with Crippen molar-refractivity contribution in [3.63, 3.8) is 0 Å². The van der Waals surface area contributed by atoms with Crippen LogP contribution in [-0.2, 0) is 0 Å². The summed E-state index contributed by atoms with van der Waals surface area (Å²) < 4.78 is 0. The van der Waals surface area contributed by atoms with Crippen molar-refractivity contribution in [3.8, 4) is 0 Å². The van der Waals surface area contributed by atoms with Crippen molar-refractivity contribution in [2.24, 2.45) is 0 Å². The zero-order valence-electron chi connectivity index (χ0n) is 16.6. The van der Waals surface area contributed by atoms with Crippen LogP contribution in [-0.4, -0.2) is 18.0 Å². The number of hydrogen-bond donors (Lipinski definition) is 2. The number of aliphatic hydroxyl groups is 1. The number of hydrogen-bond acceptors (Lipinski definition) is 3. The first-order chi connectivity index (χ1) is 13.7. The predicted molar refractivity (Wildman–Crippen MR) is 121 cm³/mol. The standard InChI is InChI=1S/C25H29NOS/c1-19-10-12-20(13-11-19)24(9-6-18-27)25(26-22-7-4-3-5-8-22)21-14-16-23(28-2)17-15-21/h3-5,7-8,10-17,24-27H,6,9,18H2,1-2H3. The summed E-state index contributed by atoms with van der Waals surface area (Å²) in [5, 5.41) is 13.3. The van der Waals surface area contributed by atoms with Crippen molar-refractivity contribution in [3.05, 3.63) is 95.6 Å². The Morgan fingerprint density at radius 1 is 0.857 bits per heavy atom. The third kappa shape index (κ3) is 5.40. The first-order valence-electron chi connectivity index (χ1n) is 9.84. The van der Waals surface area contributed by atoms with Crippen LogP contribution in [0.1, 0.15) is 41.5 Å². The Labute approximate surface area is 173 Å². The SMILES string of the molecule is CSc1ccc(C(Nc2ccccc2)C(CCCO)c2ccc(C)cc2)cc1. The van der Waals surface area contributed by atoms with Crippen molar-refractivity contribution in [2.45, 2.75) is 36.6 Å². The van der Waals surface area contributed by atoms with Crippen LogP contribution < -0.4 is 5.32 Å². The van der Waals surface area contributed by atoms with Crippen LogP contribution in [0.25, 0.3) is 0 Å². The van der Waals surface area contributed by atoms with Crippen molar-refractivity contribution in [1.82, 2.24) is 0 Å². The maximum absolute atomic E-state index is 9.49. The van der Waals surface area contributed by atoms with E-state index >= 15 is 0 Å². The second-order valence-corrected chi connectivity index (χ2v) is 8.02. The first-order valence-corrected chi connectivity index (χ1v) is 11.1. The smallest absolute Gasteiger partial charge is 0.0582 e. The van der Waals surface area contributed by atoms with E-state index in [1.165, 1.54) is 21.6 Å². The Balaban J connectivity index is 2.00. The summed E-state index contributed by atoms with van der Waals surface area (Å²) in [7, 11) is 0. The van der Waals surface area contributed by atoms with E-state index in [1.54, 1.807) is 11.8 Å². The van der Waals surface area contributed by atoms with Gasteiger partial charge in [-0.05, 0) is 61.4 Å². The molecule has 0 fully saturated rings. The molecule has 3 aromatic rings. The summed E-state index contributed by atoms with van der Waals surface area (Å²) in [4.78, 5) is 1.27. The van der Waals surface area contributed by atoms with Gasteiger partial charge in [0.2, 0.25) is 0 Å². The highest BCUT2D eigenvalue weighted by molar-refractivity contribution is 7.98. The van der Waals surface area contributed by atoms with Gasteiger partial charge in [-0.2, -0.15) is 0 Å². The molecule has 2 atom stereocenters. The average molecular weight is 392 g/mol. The number of rotatable bonds is 9. The Bertz CT molecular complexity index is 831. The highest BCUT2D eigenvalue weighted by atomic mass is 32.2. The maximum atomic E-state index is 9.49. The minimum absolute atomic E-state index is 0.132. The van der Waals surface area contributed by atoms with Crippen LogP contribution in [0, 0.1) is 6.92 Å². The number of para-hydroxylation sites is 1. The van der Waals surface area contributed by atoms with E-state index in [0.717, 1.165) is 18.5 Å². The van der Waals surface area contributed by atoms with Crippen molar-refractivity contribution < 1.29 is 5.11 Å². The molecule has 2 N–H and O–H groups in total. The molecular formula is C25H29NOS. The van der Waals surface area contributed by atoms with Crippen molar-refractivity contribution >= 4 is 17.4 Å². The molecule has 2 nitrogen and oxygen atoms in total. The molecule has 0 aliphatic rings. The molecule has 0 heterocycles. The van der Waals surface area contributed by atoms with Gasteiger partial charge in [0.1, 0.15) is 0 Å². The summed E-state index contributed by atoms with van der Waals surface area (Å²) in [6, 6.07) is 28.2. The number of nitrogens with one attached hydrogen (secondary N) is 1. The van der Waals surface area contributed by atoms with Gasteiger partial charge in [-0.15, -0.1) is 11.8 Å². The molecular weight excluding hydrogens is 362 g/mol. The predicted octanol–water partition coefficient (Wildman–Crippen LogP) is 6.43. The lowest BCUT2D eigenvalue weighted by Crippen LogP contribution is -2.20. The van der Waals surface area contributed by atoms with Gasteiger partial charge in [-0.3, -0.25) is 0 Å². The van der Waals surface area contributed by atoms with E-state index in [2.05, 4.69) is 91.3 Å². The van der Waals surface area contributed by atoms with Gasteiger partial charge in [0.15, 0.2) is 0 Å². The van der Waals surface area contributed by atoms with Gasteiger partial charge < -0.3 is 10.4 Å². The van der Waals surface area contributed by atoms with E-state index in [4.69, 9.17) is 0 Å². The van der Waals surface area contributed by atoms with Crippen LogP contribution in [0.5, 0.6) is 0 Å². The van der Waals surface area contributed by atoms with Crippen LogP contribution in [0.3, 0.4) is 0 Å². The minimum Gasteiger partial charge on any atom is -0.396 e. The van der Waals surface area contributed by atoms with E-state index in [-0.39, 0.29) is 18.6 Å². The minimum atomic E-state index is 0.132. The Morgan fingerprint density at radius 2 is 1.50 bits per heavy atom. The molecule has 0 bridgehead atoms. The molecule has 0 radical (unpaired) electrons. The lowest BCUT2D eigenvalue weighted by Gasteiger charge is -2.30. The summed E-state index contributed by atoms with van der Waals surface area (Å²) in [5.74, 6) is 0.271. The molecule has 2 unspecified atom stereocenters. The average Bonchev–Trinajstić information content (AvgIpc) is 2.75. The third-order valence-electron chi connectivity index (χ3n) is 5.15. The largest absolute Gasteiger partial charge is 0.396 e. The summed E-state index contributed by atoms with van der Waals surface area (Å²) in [6.07, 6.45) is 3.81. The van der Waals surface area contributed by atoms with Crippen LogP contribution in [0.2, 0.25) is 0 Å². The van der Waals surface area contributed by atoms with Gasteiger partial charge in [0.25, 0.3) is 0 Å². The molecule has 3 aromatic carbocycles. The number of aryl methyl sites for hydroxylation is 1. The van der Waals surface area contributed by atoms with Crippen LogP contribution in [0.15, 0.2) is 83.8 Å². The lowest BCUT2D eigenvalue weighted by molar-refractivity contribution is 0.277. The Kier molecular flexibility index (Phi) is 7.58. The summed E-state index contributed by atoms with van der Waals surface area (Å²) >= 11 is 1.76. The summed E-state index contributed by atoms with van der Waals surface area (Å²) in [5.41, 5.74) is 4.95. The molecule has 0 aromatic heterocycles. The van der Waals surface area contributed by atoms with Gasteiger partial charge >= 0.3 is 0 Å². The van der Waals surface area contributed by atoms with Crippen molar-refractivity contribution in [1.29, 1.82) is 0 Å². The second-order valence-electron chi connectivity index (χ2n) is 7.14. The van der Waals surface area contributed by atoms with E-state index in [0.29, 0.717) is 0 Å². The molecule has 28 heavy (non-hydrogen) atoms. The lowest BCUT2D eigenvalue weighted by atomic mass is 9.83. The van der Waals surface area contributed by atoms with Gasteiger partial charge in [0.05, 0.1) is 6.04 Å². The normalized spacial score (nSPS) is 13.1. The molecule has 0 saturated heterocycles. The molecule has 0 amide bonds. The summed E-state index contributed by atoms with van der Waals surface area (Å²) in [6.45, 7) is 2.33. The first kappa shape index (κ1) is 20.5. The van der Waals surface area contributed by atoms with E-state index in [1.807, 2.05) is 6.07 Å². The van der Waals surface area contributed by atoms with Crippen molar-refractivity contribution in [2.75, 3.05) is 18.2 Å². The Hall–Kier alpha value is -2.23. The maximum Gasteiger partial charge on any atom is 0.0582 e. The quantitative estimate of drug-likeness (QED) is 0.412. The molecule has 0 spiro atoms. The highest BCUT2D eigenvalue weighted by Crippen LogP contribution is 2.38. The molecule has 0 aliphatic carbocycles. The third-order valence-corrected chi connectivity index (χ3v) is 5.90. The molecule has 146 valence electrons. The monoisotopic (exact) mass is 391 g/mol. The zero-order valence-corrected chi connectivity index (χ0v) is 17.5. The number of thioether (sulfide) groups is 1. The number of benzene rings is 3. The number of aliphatic hydroxyl groups excluding tert-OH is 1. The Morgan fingerprint density at radius 3 is 2.11 bits per heavy atom. The second kappa shape index (κ2) is 10.4. The molecule has 3 heteroatoms. The van der Waals surface area contributed by atoms with Crippen LogP contribution >= 0.6 is 11.8 Å². The zero-order chi connectivity index (χ0) is 19.8. The fourth-order valence-corrected chi connectivity index (χ4v) is 4.00. The molecule has 0 aliphatic heterocycles. The van der Waals surface area contributed by atoms with Gasteiger partial charge in [-0.1, -0.05) is 60.2 Å². The van der Waals surface area contributed by atoms with Gasteiger partial charge in [0, 0.05) is 23.1 Å². The van der Waals surface area contributed by atoms with E-state index < -0.39 is 0 Å². The molecule has 0 saturated carbocycles. The topological polar surface area (TPSA) is 32.3 Å². The fourth-order valence-electron chi connectivity index (χ4n) is 3.59. The van der Waals surface area contributed by atoms with Gasteiger partial charge in [-0.25, -0.2) is 0 Å². The number of anilines is 1.